The molecule has 0 bridgehead atoms. The Morgan fingerprint density at radius 3 is 2.40 bits per heavy atom. The maximum Gasteiger partial charge on any atom is 0.308 e. The molecule has 1 heterocycles. The van der Waals surface area contributed by atoms with Crippen molar-refractivity contribution >= 4 is 40.5 Å². The van der Waals surface area contributed by atoms with Gasteiger partial charge in [0.25, 0.3) is 5.91 Å². The van der Waals surface area contributed by atoms with Gasteiger partial charge in [-0.05, 0) is 58.0 Å². The summed E-state index contributed by atoms with van der Waals surface area (Å²) in [7, 11) is 0. The van der Waals surface area contributed by atoms with E-state index in [4.69, 9.17) is 22.1 Å². The number of allylic oxidation sites excluding steroid dienone is 1. The normalized spacial score (nSPS) is 18.2. The maximum atomic E-state index is 13.6. The first kappa shape index (κ1) is 21.7. The number of anilines is 2. The van der Waals surface area contributed by atoms with Gasteiger partial charge in [-0.15, -0.1) is 0 Å². The summed E-state index contributed by atoms with van der Waals surface area (Å²) < 4.78 is 5.44. The van der Waals surface area contributed by atoms with E-state index in [-0.39, 0.29) is 12.3 Å². The summed E-state index contributed by atoms with van der Waals surface area (Å²) >= 11 is 6.04. The van der Waals surface area contributed by atoms with Gasteiger partial charge in [0, 0.05) is 22.0 Å². The van der Waals surface area contributed by atoms with E-state index in [0.29, 0.717) is 27.8 Å². The highest BCUT2D eigenvalue weighted by atomic mass is 35.5. The molecule has 1 amide bonds. The van der Waals surface area contributed by atoms with Crippen molar-refractivity contribution < 1.29 is 14.3 Å². The van der Waals surface area contributed by atoms with Gasteiger partial charge in [-0.2, -0.15) is 0 Å². The molecular weight excluding hydrogens is 402 g/mol. The first-order valence-corrected chi connectivity index (χ1v) is 10.1. The predicted octanol–water partition coefficient (Wildman–Crippen LogP) is 4.36. The third-order valence-electron chi connectivity index (χ3n) is 4.52. The molecule has 1 aliphatic heterocycles. The van der Waals surface area contributed by atoms with Gasteiger partial charge >= 0.3 is 5.97 Å². The van der Waals surface area contributed by atoms with Crippen LogP contribution in [-0.2, 0) is 14.3 Å². The number of hydrogen-bond acceptors (Lipinski definition) is 5. The number of esters is 1. The van der Waals surface area contributed by atoms with Crippen LogP contribution in [0.1, 0.15) is 39.7 Å². The highest BCUT2D eigenvalue weighted by Crippen LogP contribution is 2.36. The molecule has 158 valence electrons. The van der Waals surface area contributed by atoms with Gasteiger partial charge in [0.2, 0.25) is 0 Å². The average Bonchev–Trinajstić information content (AvgIpc) is 2.76. The predicted molar refractivity (Wildman–Crippen MR) is 119 cm³/mol. The number of amides is 1. The highest BCUT2D eigenvalue weighted by molar-refractivity contribution is 6.30. The van der Waals surface area contributed by atoms with Crippen molar-refractivity contribution in [2.75, 3.05) is 4.90 Å². The van der Waals surface area contributed by atoms with Crippen LogP contribution >= 0.6 is 11.6 Å². The molecule has 0 aromatic heterocycles. The van der Waals surface area contributed by atoms with Crippen molar-refractivity contribution in [2.45, 2.75) is 45.8 Å². The quantitative estimate of drug-likeness (QED) is 0.711. The number of benzene rings is 2. The summed E-state index contributed by atoms with van der Waals surface area (Å²) in [5.41, 5.74) is 8.72. The van der Waals surface area contributed by atoms with Crippen LogP contribution in [0, 0.1) is 0 Å². The summed E-state index contributed by atoms with van der Waals surface area (Å²) in [5.74, 6) is -0.753. The number of ether oxygens (including phenoxy) is 1. The second-order valence-corrected chi connectivity index (χ2v) is 8.65. The lowest BCUT2D eigenvalue weighted by atomic mass is 10.1. The Labute approximate surface area is 181 Å². The van der Waals surface area contributed by atoms with Crippen molar-refractivity contribution in [1.82, 2.24) is 5.32 Å². The SMILES string of the molecule is C/C(N)=C1/NC(CC(=O)OC(C)(C)C)C(=O)N(c2ccc(Cl)cc2)c2ccccc21. The van der Waals surface area contributed by atoms with E-state index in [2.05, 4.69) is 5.32 Å². The van der Waals surface area contributed by atoms with Crippen molar-refractivity contribution in [2.24, 2.45) is 5.73 Å². The minimum absolute atomic E-state index is 0.134. The number of fused-ring (bicyclic) bond motifs is 1. The molecule has 0 fully saturated rings. The Kier molecular flexibility index (Phi) is 6.08. The molecule has 3 N–H and O–H groups in total. The van der Waals surface area contributed by atoms with Gasteiger partial charge in [0.1, 0.15) is 11.6 Å². The molecule has 1 aliphatic rings. The van der Waals surface area contributed by atoms with E-state index >= 15 is 0 Å². The van der Waals surface area contributed by atoms with Crippen LogP contribution in [0.4, 0.5) is 11.4 Å². The van der Waals surface area contributed by atoms with E-state index in [1.807, 2.05) is 24.3 Å². The lowest BCUT2D eigenvalue weighted by molar-refractivity contribution is -0.156. The third kappa shape index (κ3) is 4.76. The zero-order chi connectivity index (χ0) is 22.1. The molecule has 0 radical (unpaired) electrons. The van der Waals surface area contributed by atoms with Crippen molar-refractivity contribution in [3.05, 3.63) is 64.8 Å². The van der Waals surface area contributed by atoms with E-state index in [1.54, 1.807) is 56.9 Å². The molecule has 3 rings (SSSR count). The van der Waals surface area contributed by atoms with Crippen LogP contribution in [0.2, 0.25) is 5.02 Å². The molecule has 0 saturated heterocycles. The number of para-hydroxylation sites is 1. The van der Waals surface area contributed by atoms with E-state index in [1.165, 1.54) is 0 Å². The van der Waals surface area contributed by atoms with Gasteiger partial charge in [-0.3, -0.25) is 14.5 Å². The number of nitrogens with zero attached hydrogens (tertiary/aromatic N) is 1. The summed E-state index contributed by atoms with van der Waals surface area (Å²) in [6.07, 6.45) is -0.134. The van der Waals surface area contributed by atoms with E-state index in [0.717, 1.165) is 5.56 Å². The fourth-order valence-electron chi connectivity index (χ4n) is 3.34. The Morgan fingerprint density at radius 2 is 1.80 bits per heavy atom. The molecule has 7 heteroatoms. The maximum absolute atomic E-state index is 13.6. The lowest BCUT2D eigenvalue weighted by Gasteiger charge is -2.26. The number of hydrogen-bond donors (Lipinski definition) is 2. The minimum Gasteiger partial charge on any atom is -0.460 e. The lowest BCUT2D eigenvalue weighted by Crippen LogP contribution is -2.44. The monoisotopic (exact) mass is 427 g/mol. The second kappa shape index (κ2) is 8.40. The first-order valence-electron chi connectivity index (χ1n) is 9.70. The molecule has 6 nitrogen and oxygen atoms in total. The smallest absolute Gasteiger partial charge is 0.308 e. The van der Waals surface area contributed by atoms with E-state index in [9.17, 15) is 9.59 Å². The number of halogens is 1. The second-order valence-electron chi connectivity index (χ2n) is 8.21. The van der Waals surface area contributed by atoms with Crippen LogP contribution < -0.4 is 16.0 Å². The first-order chi connectivity index (χ1) is 14.1. The zero-order valence-corrected chi connectivity index (χ0v) is 18.3. The number of carbonyl (C=O) groups excluding carboxylic acids is 2. The molecule has 2 aromatic carbocycles. The molecule has 1 atom stereocenters. The summed E-state index contributed by atoms with van der Waals surface area (Å²) in [5, 5.41) is 3.75. The summed E-state index contributed by atoms with van der Waals surface area (Å²) in [4.78, 5) is 27.7. The fourth-order valence-corrected chi connectivity index (χ4v) is 3.47. The summed E-state index contributed by atoms with van der Waals surface area (Å²) in [6, 6.07) is 13.6. The van der Waals surface area contributed by atoms with Gasteiger partial charge in [0.15, 0.2) is 0 Å². The Bertz CT molecular complexity index is 989. The standard InChI is InChI=1S/C23H26ClN3O3/c1-14(25)21-17-7-5-6-8-19(17)27(16-11-9-15(24)10-12-16)22(29)18(26-21)13-20(28)30-23(2,3)4/h5-12,18,26H,13,25H2,1-4H3/b21-14-. The van der Waals surface area contributed by atoms with Crippen molar-refractivity contribution in [3.63, 3.8) is 0 Å². The minimum atomic E-state index is -0.851. The number of rotatable bonds is 3. The average molecular weight is 428 g/mol. The number of carbonyl (C=O) groups is 2. The Balaban J connectivity index is 2.10. The molecule has 2 aromatic rings. The molecule has 0 aliphatic carbocycles. The van der Waals surface area contributed by atoms with Crippen molar-refractivity contribution in [1.29, 1.82) is 0 Å². The molecule has 0 saturated carbocycles. The Hall–Kier alpha value is -2.99. The highest BCUT2D eigenvalue weighted by Gasteiger charge is 2.35. The van der Waals surface area contributed by atoms with Gasteiger partial charge in [0.05, 0.1) is 17.8 Å². The number of nitrogens with two attached hydrogens (primary N) is 1. The molecule has 1 unspecified atom stereocenters. The van der Waals surface area contributed by atoms with Crippen LogP contribution in [-0.4, -0.2) is 23.5 Å². The molecular formula is C23H26ClN3O3. The van der Waals surface area contributed by atoms with Crippen LogP contribution in [0.3, 0.4) is 0 Å². The van der Waals surface area contributed by atoms with Crippen LogP contribution in [0.15, 0.2) is 54.2 Å². The van der Waals surface area contributed by atoms with Crippen LogP contribution in [0.5, 0.6) is 0 Å². The molecule has 0 spiro atoms. The molecule has 30 heavy (non-hydrogen) atoms. The van der Waals surface area contributed by atoms with Gasteiger partial charge in [-0.25, -0.2) is 0 Å². The van der Waals surface area contributed by atoms with Gasteiger partial charge in [-0.1, -0.05) is 29.8 Å². The zero-order valence-electron chi connectivity index (χ0n) is 17.5. The fraction of sp³-hybridized carbons (Fsp3) is 0.304. The largest absolute Gasteiger partial charge is 0.460 e. The van der Waals surface area contributed by atoms with E-state index < -0.39 is 17.6 Å². The topological polar surface area (TPSA) is 84.7 Å². The summed E-state index contributed by atoms with van der Waals surface area (Å²) in [6.45, 7) is 7.13. The third-order valence-corrected chi connectivity index (χ3v) is 4.77. The van der Waals surface area contributed by atoms with Crippen molar-refractivity contribution in [3.8, 4) is 0 Å². The number of nitrogens with one attached hydrogen (secondary N) is 1. The van der Waals surface area contributed by atoms with Gasteiger partial charge < -0.3 is 15.8 Å². The van der Waals surface area contributed by atoms with Crippen LogP contribution in [0.25, 0.3) is 5.70 Å². The Morgan fingerprint density at radius 1 is 1.17 bits per heavy atom.